The zero-order valence-electron chi connectivity index (χ0n) is 23.4. The van der Waals surface area contributed by atoms with Gasteiger partial charge in [0.2, 0.25) is 11.8 Å². The lowest BCUT2D eigenvalue weighted by Gasteiger charge is -2.41. The molecule has 2 amide bonds. The largest absolute Gasteiger partial charge is 0.491 e. The molecule has 8 heteroatoms. The van der Waals surface area contributed by atoms with Gasteiger partial charge in [0.1, 0.15) is 18.2 Å². The first kappa shape index (κ1) is 26.8. The molecule has 8 nitrogen and oxygen atoms in total. The molecule has 2 N–H and O–H groups in total. The Balaban J connectivity index is 1.03. The Kier molecular flexibility index (Phi) is 8.05. The molecule has 0 radical (unpaired) electrons. The average Bonchev–Trinajstić information content (AvgIpc) is 3.43. The minimum absolute atomic E-state index is 0.153. The number of para-hydroxylation sites is 3. The fourth-order valence-electron chi connectivity index (χ4n) is 6.76. The van der Waals surface area contributed by atoms with Crippen molar-refractivity contribution in [3.05, 3.63) is 59.9 Å². The van der Waals surface area contributed by atoms with Crippen molar-refractivity contribution in [3.63, 3.8) is 0 Å². The van der Waals surface area contributed by atoms with Crippen LogP contribution in [0.15, 0.2) is 48.5 Å². The maximum atomic E-state index is 13.4. The van der Waals surface area contributed by atoms with Crippen molar-refractivity contribution in [2.45, 2.75) is 57.3 Å². The first-order chi connectivity index (χ1) is 19.6. The molecule has 1 aromatic heterocycles. The van der Waals surface area contributed by atoms with Crippen LogP contribution in [-0.2, 0) is 16.0 Å². The highest BCUT2D eigenvalue weighted by molar-refractivity contribution is 5.83. The zero-order chi connectivity index (χ0) is 27.4. The van der Waals surface area contributed by atoms with Crippen LogP contribution in [0.3, 0.4) is 0 Å². The number of H-pyrrole nitrogens is 1. The molecule has 2 aromatic carbocycles. The summed E-state index contributed by atoms with van der Waals surface area (Å²) in [5, 5.41) is 3.16. The highest BCUT2D eigenvalue weighted by atomic mass is 16.5. The number of aryl methyl sites for hydroxylation is 1. The number of hydrogen-bond donors (Lipinski definition) is 2. The highest BCUT2D eigenvalue weighted by Gasteiger charge is 2.41. The van der Waals surface area contributed by atoms with E-state index in [0.717, 1.165) is 93.6 Å². The van der Waals surface area contributed by atoms with E-state index in [0.29, 0.717) is 26.2 Å². The van der Waals surface area contributed by atoms with Gasteiger partial charge in [0.05, 0.1) is 29.5 Å². The van der Waals surface area contributed by atoms with E-state index in [1.807, 2.05) is 35.2 Å². The van der Waals surface area contributed by atoms with Crippen LogP contribution in [0.1, 0.15) is 62.3 Å². The van der Waals surface area contributed by atoms with Gasteiger partial charge in [-0.3, -0.25) is 14.5 Å². The topological polar surface area (TPSA) is 90.6 Å². The van der Waals surface area contributed by atoms with Crippen molar-refractivity contribution in [1.29, 1.82) is 0 Å². The number of hydrogen-bond acceptors (Lipinski definition) is 5. The lowest BCUT2D eigenvalue weighted by Crippen LogP contribution is -2.52. The summed E-state index contributed by atoms with van der Waals surface area (Å²) in [5.74, 6) is 2.51. The van der Waals surface area contributed by atoms with Crippen molar-refractivity contribution in [3.8, 4) is 5.75 Å². The summed E-state index contributed by atoms with van der Waals surface area (Å²) in [6.07, 6.45) is 7.55. The molecule has 0 aliphatic carbocycles. The van der Waals surface area contributed by atoms with Crippen LogP contribution in [0.4, 0.5) is 0 Å². The molecule has 1 spiro atoms. The third kappa shape index (κ3) is 5.87. The molecule has 1 atom stereocenters. The number of nitrogens with zero attached hydrogens (tertiary/aromatic N) is 3. The molecule has 1 unspecified atom stereocenters. The van der Waals surface area contributed by atoms with Crippen molar-refractivity contribution in [1.82, 2.24) is 25.1 Å². The lowest BCUT2D eigenvalue weighted by molar-refractivity contribution is -0.137. The highest BCUT2D eigenvalue weighted by Crippen LogP contribution is 2.38. The number of benzene rings is 2. The van der Waals surface area contributed by atoms with Gasteiger partial charge in [-0.15, -0.1) is 0 Å². The molecule has 2 saturated heterocycles. The molecule has 40 heavy (non-hydrogen) atoms. The second kappa shape index (κ2) is 12.0. The Morgan fingerprint density at radius 1 is 1.00 bits per heavy atom. The van der Waals surface area contributed by atoms with Gasteiger partial charge in [0.15, 0.2) is 0 Å². The number of rotatable bonds is 3. The number of piperidine rings is 2. The van der Waals surface area contributed by atoms with Crippen LogP contribution in [0.25, 0.3) is 11.0 Å². The van der Waals surface area contributed by atoms with Gasteiger partial charge < -0.3 is 19.9 Å². The quantitative estimate of drug-likeness (QED) is 0.515. The van der Waals surface area contributed by atoms with Crippen LogP contribution in [0.2, 0.25) is 0 Å². The van der Waals surface area contributed by atoms with Gasteiger partial charge in [-0.25, -0.2) is 4.98 Å². The summed E-state index contributed by atoms with van der Waals surface area (Å²) in [6, 6.07) is 16.3. The van der Waals surface area contributed by atoms with E-state index < -0.39 is 0 Å². The van der Waals surface area contributed by atoms with Gasteiger partial charge >= 0.3 is 0 Å². The summed E-state index contributed by atoms with van der Waals surface area (Å²) in [6.45, 7) is 4.49. The number of carbonyl (C=O) groups excluding carboxylic acids is 2. The van der Waals surface area contributed by atoms with Crippen molar-refractivity contribution in [2.75, 3.05) is 45.9 Å². The fraction of sp³-hybridized carbons (Fsp3) is 0.531. The van der Waals surface area contributed by atoms with E-state index in [9.17, 15) is 9.59 Å². The van der Waals surface area contributed by atoms with Crippen LogP contribution in [0, 0.1) is 5.41 Å². The van der Waals surface area contributed by atoms with Crippen molar-refractivity contribution >= 4 is 22.8 Å². The average molecular weight is 544 g/mol. The van der Waals surface area contributed by atoms with E-state index in [4.69, 9.17) is 9.72 Å². The Morgan fingerprint density at radius 2 is 1.82 bits per heavy atom. The number of fused-ring (bicyclic) bond motifs is 2. The van der Waals surface area contributed by atoms with E-state index in [1.54, 1.807) is 0 Å². The molecule has 2 fully saturated rings. The van der Waals surface area contributed by atoms with Crippen molar-refractivity contribution < 1.29 is 14.3 Å². The van der Waals surface area contributed by atoms with E-state index in [2.05, 4.69) is 33.4 Å². The van der Waals surface area contributed by atoms with Crippen LogP contribution < -0.4 is 10.1 Å². The molecule has 212 valence electrons. The molecular formula is C32H41N5O3. The van der Waals surface area contributed by atoms with Gasteiger partial charge in [0, 0.05) is 19.0 Å². The summed E-state index contributed by atoms with van der Waals surface area (Å²) in [4.78, 5) is 39.3. The normalized spacial score (nSPS) is 22.6. The Morgan fingerprint density at radius 3 is 2.70 bits per heavy atom. The number of aromatic amines is 1. The van der Waals surface area contributed by atoms with Gasteiger partial charge in [0.25, 0.3) is 0 Å². The Hall–Kier alpha value is -3.39. The minimum Gasteiger partial charge on any atom is -0.491 e. The molecule has 3 aliphatic rings. The lowest BCUT2D eigenvalue weighted by atomic mass is 9.73. The van der Waals surface area contributed by atoms with E-state index >= 15 is 0 Å². The first-order valence-corrected chi connectivity index (χ1v) is 15.0. The van der Waals surface area contributed by atoms with Crippen LogP contribution in [0.5, 0.6) is 5.75 Å². The van der Waals surface area contributed by atoms with Gasteiger partial charge in [-0.05, 0) is 81.8 Å². The number of imidazole rings is 1. The van der Waals surface area contributed by atoms with Crippen molar-refractivity contribution in [2.24, 2.45) is 5.41 Å². The number of ether oxygens (including phenoxy) is 1. The monoisotopic (exact) mass is 543 g/mol. The molecule has 4 heterocycles. The number of nitrogens with one attached hydrogen (secondary N) is 2. The van der Waals surface area contributed by atoms with Gasteiger partial charge in [-0.1, -0.05) is 36.8 Å². The Labute approximate surface area is 236 Å². The molecular weight excluding hydrogens is 502 g/mol. The summed E-state index contributed by atoms with van der Waals surface area (Å²) >= 11 is 0. The summed E-state index contributed by atoms with van der Waals surface area (Å²) < 4.78 is 5.98. The number of aromatic nitrogens is 2. The third-order valence-corrected chi connectivity index (χ3v) is 9.19. The van der Waals surface area contributed by atoms with E-state index in [1.165, 1.54) is 5.56 Å². The zero-order valence-corrected chi connectivity index (χ0v) is 23.4. The summed E-state index contributed by atoms with van der Waals surface area (Å²) in [5.41, 5.74) is 2.93. The smallest absolute Gasteiger partial charge is 0.236 e. The second-order valence-corrected chi connectivity index (χ2v) is 11.8. The first-order valence-electron chi connectivity index (χ1n) is 15.0. The van der Waals surface area contributed by atoms with Crippen LogP contribution >= 0.6 is 0 Å². The predicted octanol–water partition coefficient (Wildman–Crippen LogP) is 4.27. The molecule has 3 aliphatic heterocycles. The Bertz CT molecular complexity index is 1300. The maximum absolute atomic E-state index is 13.4. The molecule has 3 aromatic rings. The third-order valence-electron chi connectivity index (χ3n) is 9.19. The number of carbonyl (C=O) groups is 2. The minimum atomic E-state index is -0.351. The molecule has 0 saturated carbocycles. The second-order valence-electron chi connectivity index (χ2n) is 11.8. The predicted molar refractivity (Wildman–Crippen MR) is 155 cm³/mol. The molecule has 0 bridgehead atoms. The summed E-state index contributed by atoms with van der Waals surface area (Å²) in [7, 11) is 0. The number of likely N-dealkylation sites (tertiary alicyclic amines) is 2. The van der Waals surface area contributed by atoms with Crippen LogP contribution in [-0.4, -0.2) is 77.5 Å². The standard InChI is InChI=1S/C32H41N5O3/c38-29(37-18-7-10-25(22-37)30-34-26-11-2-3-12-27(26)35-30)23-36-19-15-32(16-20-36)14-6-5-9-24-8-1-4-13-28(24)40-21-17-33-31(32)39/h1-4,8,11-13,25H,5-7,9-10,14-23H2,(H,33,39)(H,34,35). The molecule has 6 rings (SSSR count). The van der Waals surface area contributed by atoms with Gasteiger partial charge in [-0.2, -0.15) is 0 Å². The fourth-order valence-corrected chi connectivity index (χ4v) is 6.76. The van der Waals surface area contributed by atoms with E-state index in [-0.39, 0.29) is 23.1 Å². The maximum Gasteiger partial charge on any atom is 0.236 e. The number of amides is 2. The SMILES string of the molecule is O=C(CN1CCC2(CCCCc3ccccc3OCCNC2=O)CC1)N1CCCC(c2nc3ccccc3[nH]2)C1.